The Balaban J connectivity index is 1.61. The maximum atomic E-state index is 12.6. The van der Waals surface area contributed by atoms with E-state index >= 15 is 0 Å². The van der Waals surface area contributed by atoms with Gasteiger partial charge in [-0.25, -0.2) is 0 Å². The molecule has 0 aromatic rings. The molecule has 0 spiro atoms. The van der Waals surface area contributed by atoms with Crippen LogP contribution in [-0.4, -0.2) is 17.9 Å². The summed E-state index contributed by atoms with van der Waals surface area (Å²) in [6.45, 7) is 10.8. The third kappa shape index (κ3) is 2.44. The summed E-state index contributed by atoms with van der Waals surface area (Å²) in [4.78, 5) is 24.2. The summed E-state index contributed by atoms with van der Waals surface area (Å²) in [5, 5.41) is 0. The van der Waals surface area contributed by atoms with Gasteiger partial charge >= 0.3 is 5.97 Å². The van der Waals surface area contributed by atoms with Gasteiger partial charge in [-0.05, 0) is 74.0 Å². The molecule has 146 valence electrons. The molecule has 9 atom stereocenters. The second-order valence-corrected chi connectivity index (χ2v) is 10.6. The molecule has 0 heterocycles. The lowest BCUT2D eigenvalue weighted by atomic mass is 9.43. The van der Waals surface area contributed by atoms with E-state index in [9.17, 15) is 9.59 Å². The summed E-state index contributed by atoms with van der Waals surface area (Å²) in [6.07, 6.45) is 8.34. The highest BCUT2D eigenvalue weighted by molar-refractivity contribution is 5.84. The Hall–Kier alpha value is -0.860. The largest absolute Gasteiger partial charge is 0.462 e. The van der Waals surface area contributed by atoms with Crippen molar-refractivity contribution in [1.29, 1.82) is 0 Å². The average Bonchev–Trinajstić information content (AvgIpc) is 2.89. The molecule has 0 aromatic heterocycles. The highest BCUT2D eigenvalue weighted by Crippen LogP contribution is 2.67. The summed E-state index contributed by atoms with van der Waals surface area (Å²) in [6, 6.07) is 0. The Kier molecular flexibility index (Phi) is 4.32. The molecule has 4 unspecified atom stereocenters. The van der Waals surface area contributed by atoms with E-state index in [1.165, 1.54) is 32.1 Å². The quantitative estimate of drug-likeness (QED) is 0.617. The van der Waals surface area contributed by atoms with Crippen molar-refractivity contribution < 1.29 is 14.3 Å². The fourth-order valence-electron chi connectivity index (χ4n) is 8.36. The van der Waals surface area contributed by atoms with Crippen LogP contribution in [0.1, 0.15) is 79.6 Å². The predicted molar refractivity (Wildman–Crippen MR) is 101 cm³/mol. The van der Waals surface area contributed by atoms with Crippen LogP contribution >= 0.6 is 0 Å². The first kappa shape index (κ1) is 18.5. The van der Waals surface area contributed by atoms with Crippen molar-refractivity contribution in [2.45, 2.75) is 85.7 Å². The Morgan fingerprint density at radius 3 is 2.31 bits per heavy atom. The summed E-state index contributed by atoms with van der Waals surface area (Å²) >= 11 is 0. The fraction of sp³-hybridized carbons (Fsp3) is 0.913. The number of rotatable bonds is 1. The molecule has 0 saturated heterocycles. The molecule has 0 aliphatic heterocycles. The molecular weight excluding hydrogens is 324 g/mol. The zero-order chi connectivity index (χ0) is 18.9. The van der Waals surface area contributed by atoms with E-state index in [1.807, 2.05) is 0 Å². The fourth-order valence-corrected chi connectivity index (χ4v) is 8.36. The van der Waals surface area contributed by atoms with Gasteiger partial charge in [-0.1, -0.05) is 27.7 Å². The predicted octanol–water partition coefficient (Wildman–Crippen LogP) is 5.02. The maximum Gasteiger partial charge on any atom is 0.302 e. The minimum absolute atomic E-state index is 0.113. The summed E-state index contributed by atoms with van der Waals surface area (Å²) in [5.41, 5.74) is 0.480. The molecule has 4 aliphatic rings. The number of carbonyl (C=O) groups excluding carboxylic acids is 2. The van der Waals surface area contributed by atoms with Crippen LogP contribution in [-0.2, 0) is 14.3 Å². The Morgan fingerprint density at radius 1 is 0.962 bits per heavy atom. The van der Waals surface area contributed by atoms with Crippen LogP contribution in [0.2, 0.25) is 0 Å². The number of ether oxygens (including phenoxy) is 1. The van der Waals surface area contributed by atoms with Crippen molar-refractivity contribution in [2.24, 2.45) is 46.3 Å². The van der Waals surface area contributed by atoms with Crippen molar-refractivity contribution in [3.05, 3.63) is 0 Å². The number of ketones is 1. The Bertz CT molecular complexity index is 613. The average molecular weight is 361 g/mol. The summed E-state index contributed by atoms with van der Waals surface area (Å²) in [7, 11) is 0. The molecule has 0 radical (unpaired) electrons. The van der Waals surface area contributed by atoms with Crippen LogP contribution in [0.15, 0.2) is 0 Å². The Morgan fingerprint density at radius 2 is 1.62 bits per heavy atom. The van der Waals surface area contributed by atoms with Crippen LogP contribution in [0.4, 0.5) is 0 Å². The van der Waals surface area contributed by atoms with Crippen LogP contribution in [0, 0.1) is 46.3 Å². The summed E-state index contributed by atoms with van der Waals surface area (Å²) < 4.78 is 5.76. The van der Waals surface area contributed by atoms with Gasteiger partial charge in [-0.2, -0.15) is 0 Å². The molecule has 0 aromatic carbocycles. The van der Waals surface area contributed by atoms with E-state index < -0.39 is 0 Å². The number of esters is 1. The van der Waals surface area contributed by atoms with Gasteiger partial charge in [0.1, 0.15) is 11.9 Å². The molecule has 4 saturated carbocycles. The topological polar surface area (TPSA) is 43.4 Å². The molecule has 3 heteroatoms. The minimum Gasteiger partial charge on any atom is -0.462 e. The van der Waals surface area contributed by atoms with Crippen molar-refractivity contribution in [2.75, 3.05) is 0 Å². The molecule has 4 rings (SSSR count). The van der Waals surface area contributed by atoms with Crippen molar-refractivity contribution in [1.82, 2.24) is 0 Å². The van der Waals surface area contributed by atoms with Gasteiger partial charge in [-0.15, -0.1) is 0 Å². The van der Waals surface area contributed by atoms with Gasteiger partial charge in [0.05, 0.1) is 0 Å². The van der Waals surface area contributed by atoms with Crippen LogP contribution < -0.4 is 0 Å². The molecule has 4 aliphatic carbocycles. The van der Waals surface area contributed by atoms with E-state index in [0.29, 0.717) is 23.0 Å². The number of hydrogen-bond donors (Lipinski definition) is 0. The van der Waals surface area contributed by atoms with Gasteiger partial charge in [0.25, 0.3) is 0 Å². The zero-order valence-electron chi connectivity index (χ0n) is 17.2. The van der Waals surface area contributed by atoms with Gasteiger partial charge in [0.2, 0.25) is 0 Å². The normalized spacial score (nSPS) is 53.4. The SMILES string of the molecule is CC(=O)OC1CC[C@H]2[C@@H]3CCC4C(C)C(=O)C(C)C[C@]4(C)[C@H]3CC[C@]12C. The maximum absolute atomic E-state index is 12.6. The first-order valence-electron chi connectivity index (χ1n) is 10.9. The first-order valence-corrected chi connectivity index (χ1v) is 10.9. The number of fused-ring (bicyclic) bond motifs is 5. The van der Waals surface area contributed by atoms with E-state index in [1.54, 1.807) is 6.92 Å². The van der Waals surface area contributed by atoms with Gasteiger partial charge in [0.15, 0.2) is 0 Å². The molecule has 0 bridgehead atoms. The molecule has 0 N–H and O–H groups in total. The molecular formula is C23H36O3. The van der Waals surface area contributed by atoms with Crippen molar-refractivity contribution in [3.8, 4) is 0 Å². The second-order valence-electron chi connectivity index (χ2n) is 10.6. The molecule has 0 amide bonds. The first-order chi connectivity index (χ1) is 12.2. The third-order valence-corrected chi connectivity index (χ3v) is 9.45. The molecule has 3 nitrogen and oxygen atoms in total. The lowest BCUT2D eigenvalue weighted by Gasteiger charge is -2.61. The summed E-state index contributed by atoms with van der Waals surface area (Å²) in [5.74, 6) is 3.59. The lowest BCUT2D eigenvalue weighted by Crippen LogP contribution is -2.57. The number of carbonyl (C=O) groups is 2. The monoisotopic (exact) mass is 360 g/mol. The lowest BCUT2D eigenvalue weighted by molar-refractivity contribution is -0.168. The number of hydrogen-bond acceptors (Lipinski definition) is 3. The van der Waals surface area contributed by atoms with E-state index in [-0.39, 0.29) is 29.3 Å². The van der Waals surface area contributed by atoms with Crippen LogP contribution in [0.5, 0.6) is 0 Å². The smallest absolute Gasteiger partial charge is 0.302 e. The zero-order valence-corrected chi connectivity index (χ0v) is 17.2. The van der Waals surface area contributed by atoms with Crippen molar-refractivity contribution >= 4 is 11.8 Å². The van der Waals surface area contributed by atoms with Crippen molar-refractivity contribution in [3.63, 3.8) is 0 Å². The van der Waals surface area contributed by atoms with Crippen LogP contribution in [0.25, 0.3) is 0 Å². The molecule has 4 fully saturated rings. The highest BCUT2D eigenvalue weighted by atomic mass is 16.5. The van der Waals surface area contributed by atoms with Gasteiger partial charge in [0, 0.05) is 24.2 Å². The van der Waals surface area contributed by atoms with E-state index in [0.717, 1.165) is 24.7 Å². The highest BCUT2D eigenvalue weighted by Gasteiger charge is 2.62. The second kappa shape index (κ2) is 6.07. The minimum atomic E-state index is -0.122. The third-order valence-electron chi connectivity index (χ3n) is 9.45. The van der Waals surface area contributed by atoms with Gasteiger partial charge in [-0.3, -0.25) is 9.59 Å². The Labute approximate surface area is 158 Å². The van der Waals surface area contributed by atoms with E-state index in [2.05, 4.69) is 27.7 Å². The standard InChI is InChI=1S/C23H36O3/c1-13-12-23(5)17(14(2)21(13)25)7-6-16-18-8-9-20(26-15(3)24)22(18,4)11-10-19(16)23/h13-14,16-20H,6-12H2,1-5H3/t13?,14?,16-,17?,18-,19-,20?,22-,23-/m0/s1. The van der Waals surface area contributed by atoms with Crippen LogP contribution in [0.3, 0.4) is 0 Å². The van der Waals surface area contributed by atoms with E-state index in [4.69, 9.17) is 4.74 Å². The number of Topliss-reactive ketones (excluding diaryl/α,β-unsaturated/α-hetero) is 1. The molecule has 26 heavy (non-hydrogen) atoms. The van der Waals surface area contributed by atoms with Gasteiger partial charge < -0.3 is 4.74 Å².